The molecule has 0 aliphatic carbocycles. The maximum atomic E-state index is 12.6. The number of amides is 1. The van der Waals surface area contributed by atoms with Crippen molar-refractivity contribution in [1.82, 2.24) is 9.99 Å². The molecule has 29 heavy (non-hydrogen) atoms. The fourth-order valence-corrected chi connectivity index (χ4v) is 3.13. The summed E-state index contributed by atoms with van der Waals surface area (Å²) in [7, 11) is 0. The van der Waals surface area contributed by atoms with Gasteiger partial charge in [-0.05, 0) is 50.6 Å². The number of carbonyl (C=O) groups is 1. The Morgan fingerprint density at radius 2 is 1.93 bits per heavy atom. The molecule has 1 amide bonds. The fourth-order valence-electron chi connectivity index (χ4n) is 3.13. The van der Waals surface area contributed by atoms with Crippen LogP contribution in [0.1, 0.15) is 40.7 Å². The molecule has 0 aliphatic rings. The summed E-state index contributed by atoms with van der Waals surface area (Å²) in [4.78, 5) is 12.6. The Morgan fingerprint density at radius 1 is 1.17 bits per heavy atom. The number of phenols is 1. The lowest BCUT2D eigenvalue weighted by atomic mass is 10.2. The summed E-state index contributed by atoms with van der Waals surface area (Å²) in [6.07, 6.45) is 2.30. The maximum absolute atomic E-state index is 12.6. The molecule has 0 aliphatic heterocycles. The van der Waals surface area contributed by atoms with Crippen molar-refractivity contribution in [1.29, 1.82) is 0 Å². The van der Waals surface area contributed by atoms with Crippen LogP contribution in [0.3, 0.4) is 0 Å². The second-order valence-corrected chi connectivity index (χ2v) is 6.72. The smallest absolute Gasteiger partial charge is 0.273 e. The number of hydrogen-bond acceptors (Lipinski definition) is 4. The summed E-state index contributed by atoms with van der Waals surface area (Å²) in [6.45, 7) is 6.46. The highest BCUT2D eigenvalue weighted by molar-refractivity contribution is 5.96. The number of rotatable bonds is 7. The molecule has 0 bridgehead atoms. The minimum absolute atomic E-state index is 0.0406. The zero-order valence-electron chi connectivity index (χ0n) is 16.8. The van der Waals surface area contributed by atoms with Crippen molar-refractivity contribution in [3.8, 4) is 17.2 Å². The van der Waals surface area contributed by atoms with Crippen molar-refractivity contribution in [3.63, 3.8) is 0 Å². The van der Waals surface area contributed by atoms with Gasteiger partial charge in [0.1, 0.15) is 11.5 Å². The van der Waals surface area contributed by atoms with Gasteiger partial charge in [0.15, 0.2) is 0 Å². The summed E-state index contributed by atoms with van der Waals surface area (Å²) in [6, 6.07) is 16.7. The Balaban J connectivity index is 1.72. The Labute approximate surface area is 170 Å². The molecule has 150 valence electrons. The van der Waals surface area contributed by atoms with Crippen LogP contribution in [0.5, 0.6) is 11.5 Å². The molecule has 3 aromatic rings. The van der Waals surface area contributed by atoms with Crippen molar-refractivity contribution in [2.45, 2.75) is 27.2 Å². The number of aromatic nitrogens is 1. The molecule has 0 unspecified atom stereocenters. The summed E-state index contributed by atoms with van der Waals surface area (Å²) >= 11 is 0. The van der Waals surface area contributed by atoms with E-state index in [2.05, 4.69) is 10.5 Å². The average molecular weight is 391 g/mol. The maximum Gasteiger partial charge on any atom is 0.273 e. The summed E-state index contributed by atoms with van der Waals surface area (Å²) in [5, 5.41) is 14.1. The van der Waals surface area contributed by atoms with Gasteiger partial charge < -0.3 is 14.4 Å². The number of nitrogens with zero attached hydrogens (tertiary/aromatic N) is 2. The van der Waals surface area contributed by atoms with E-state index < -0.39 is 0 Å². The Hall–Kier alpha value is -3.54. The molecule has 0 spiro atoms. The minimum atomic E-state index is -0.307. The number of benzene rings is 2. The van der Waals surface area contributed by atoms with Gasteiger partial charge in [-0.25, -0.2) is 5.43 Å². The fraction of sp³-hybridized carbons (Fsp3) is 0.217. The minimum Gasteiger partial charge on any atom is -0.507 e. The van der Waals surface area contributed by atoms with E-state index in [1.165, 1.54) is 12.3 Å². The van der Waals surface area contributed by atoms with Crippen molar-refractivity contribution in [3.05, 3.63) is 77.1 Å². The van der Waals surface area contributed by atoms with Crippen LogP contribution in [-0.2, 0) is 0 Å². The SMILES string of the molecule is CCCOc1ccc(C=NNC(=O)c2cc(C)n(-c3ccccc3)c2C)c(O)c1. The number of carbonyl (C=O) groups excluding carboxylic acids is 1. The van der Waals surface area contributed by atoms with E-state index in [0.29, 0.717) is 23.5 Å². The van der Waals surface area contributed by atoms with Gasteiger partial charge in [0.05, 0.1) is 18.4 Å². The molecule has 2 N–H and O–H groups in total. The quantitative estimate of drug-likeness (QED) is 0.464. The molecule has 6 nitrogen and oxygen atoms in total. The first-order valence-electron chi connectivity index (χ1n) is 9.55. The zero-order chi connectivity index (χ0) is 20.8. The van der Waals surface area contributed by atoms with Gasteiger partial charge in [0.25, 0.3) is 5.91 Å². The van der Waals surface area contributed by atoms with E-state index in [-0.39, 0.29) is 11.7 Å². The lowest BCUT2D eigenvalue weighted by molar-refractivity contribution is 0.0954. The molecule has 1 aromatic heterocycles. The van der Waals surface area contributed by atoms with E-state index >= 15 is 0 Å². The number of aromatic hydroxyl groups is 1. The van der Waals surface area contributed by atoms with Gasteiger partial charge in [0, 0.05) is 28.7 Å². The monoisotopic (exact) mass is 391 g/mol. The van der Waals surface area contributed by atoms with E-state index in [9.17, 15) is 9.90 Å². The van der Waals surface area contributed by atoms with Crippen molar-refractivity contribution < 1.29 is 14.6 Å². The molecular weight excluding hydrogens is 366 g/mol. The van der Waals surface area contributed by atoms with E-state index in [4.69, 9.17) is 4.74 Å². The molecule has 1 heterocycles. The predicted octanol–water partition coefficient (Wildman–Crippen LogP) is 4.35. The molecule has 3 rings (SSSR count). The van der Waals surface area contributed by atoms with Crippen molar-refractivity contribution in [2.75, 3.05) is 6.61 Å². The predicted molar refractivity (Wildman–Crippen MR) is 114 cm³/mol. The first kappa shape index (κ1) is 20.2. The lowest BCUT2D eigenvalue weighted by Crippen LogP contribution is -2.18. The third-order valence-electron chi connectivity index (χ3n) is 4.53. The second kappa shape index (κ2) is 9.10. The summed E-state index contributed by atoms with van der Waals surface area (Å²) < 4.78 is 7.51. The lowest BCUT2D eigenvalue weighted by Gasteiger charge is -2.09. The molecule has 2 aromatic carbocycles. The van der Waals surface area contributed by atoms with Gasteiger partial charge in [-0.15, -0.1) is 0 Å². The first-order chi connectivity index (χ1) is 14.0. The third kappa shape index (κ3) is 4.66. The van der Waals surface area contributed by atoms with E-state index in [0.717, 1.165) is 23.5 Å². The molecule has 6 heteroatoms. The Bertz CT molecular complexity index is 1020. The molecule has 0 fully saturated rings. The highest BCUT2D eigenvalue weighted by atomic mass is 16.5. The van der Waals surface area contributed by atoms with Crippen LogP contribution >= 0.6 is 0 Å². The number of phenolic OH excluding ortho intramolecular Hbond substituents is 1. The number of hydrazone groups is 1. The van der Waals surface area contributed by atoms with Crippen molar-refractivity contribution in [2.24, 2.45) is 5.10 Å². The third-order valence-corrected chi connectivity index (χ3v) is 4.53. The topological polar surface area (TPSA) is 75.8 Å². The largest absolute Gasteiger partial charge is 0.507 e. The molecule has 0 radical (unpaired) electrons. The average Bonchev–Trinajstić information content (AvgIpc) is 3.02. The number of aryl methyl sites for hydroxylation is 1. The van der Waals surface area contributed by atoms with E-state index in [1.807, 2.05) is 61.7 Å². The van der Waals surface area contributed by atoms with E-state index in [1.54, 1.807) is 12.1 Å². The van der Waals surface area contributed by atoms with Gasteiger partial charge >= 0.3 is 0 Å². The van der Waals surface area contributed by atoms with Crippen LogP contribution in [0.4, 0.5) is 0 Å². The van der Waals surface area contributed by atoms with Gasteiger partial charge in [-0.1, -0.05) is 25.1 Å². The molecule has 0 saturated heterocycles. The van der Waals surface area contributed by atoms with Crippen LogP contribution in [0, 0.1) is 13.8 Å². The number of para-hydroxylation sites is 1. The van der Waals surface area contributed by atoms with Crippen molar-refractivity contribution >= 4 is 12.1 Å². The van der Waals surface area contributed by atoms with Crippen LogP contribution in [-0.4, -0.2) is 28.4 Å². The first-order valence-corrected chi connectivity index (χ1v) is 9.55. The standard InChI is InChI=1S/C23H25N3O3/c1-4-12-29-20-11-10-18(22(27)14-20)15-24-25-23(28)21-13-16(2)26(17(21)3)19-8-6-5-7-9-19/h5-11,13-15,27H,4,12H2,1-3H3,(H,25,28). The second-order valence-electron chi connectivity index (χ2n) is 6.72. The Morgan fingerprint density at radius 3 is 2.62 bits per heavy atom. The van der Waals surface area contributed by atoms with Gasteiger partial charge in [-0.3, -0.25) is 4.79 Å². The molecule has 0 saturated carbocycles. The van der Waals surface area contributed by atoms with Crippen LogP contribution in [0.2, 0.25) is 0 Å². The normalized spacial score (nSPS) is 11.0. The molecular formula is C23H25N3O3. The zero-order valence-corrected chi connectivity index (χ0v) is 16.8. The highest BCUT2D eigenvalue weighted by Crippen LogP contribution is 2.23. The highest BCUT2D eigenvalue weighted by Gasteiger charge is 2.16. The number of hydrogen-bond donors (Lipinski definition) is 2. The number of ether oxygens (including phenoxy) is 1. The molecule has 0 atom stereocenters. The summed E-state index contributed by atoms with van der Waals surface area (Å²) in [5.74, 6) is 0.330. The van der Waals surface area contributed by atoms with Gasteiger partial charge in [0.2, 0.25) is 0 Å². The summed E-state index contributed by atoms with van der Waals surface area (Å²) in [5.41, 5.74) is 6.37. The van der Waals surface area contributed by atoms with Crippen LogP contribution < -0.4 is 10.2 Å². The van der Waals surface area contributed by atoms with Gasteiger partial charge in [-0.2, -0.15) is 5.10 Å². The Kier molecular flexibility index (Phi) is 6.34. The number of nitrogens with one attached hydrogen (secondary N) is 1. The van der Waals surface area contributed by atoms with Crippen LogP contribution in [0.25, 0.3) is 5.69 Å². The van der Waals surface area contributed by atoms with Crippen LogP contribution in [0.15, 0.2) is 59.7 Å².